The van der Waals surface area contributed by atoms with Crippen LogP contribution >= 0.6 is 0 Å². The molecule has 0 unspecified atom stereocenters. The molecule has 4 heteroatoms. The molecule has 0 aliphatic carbocycles. The average molecular weight is 326 g/mol. The second kappa shape index (κ2) is 7.47. The van der Waals surface area contributed by atoms with Crippen LogP contribution in [-0.4, -0.2) is 24.0 Å². The number of halogens is 1. The lowest BCUT2D eigenvalue weighted by Crippen LogP contribution is -2.41. The molecule has 3 rings (SSSR count). The van der Waals surface area contributed by atoms with Crippen molar-refractivity contribution in [3.05, 3.63) is 65.5 Å². The Morgan fingerprint density at radius 2 is 1.88 bits per heavy atom. The monoisotopic (exact) mass is 326 g/mol. The third kappa shape index (κ3) is 4.13. The molecule has 3 nitrogen and oxygen atoms in total. The summed E-state index contributed by atoms with van der Waals surface area (Å²) in [5, 5.41) is 2.79. The number of anilines is 1. The SMILES string of the molecule is Cc1ccc(NC(=O)N2CCC(Cc3ccccc3)CC2)cc1F. The Morgan fingerprint density at radius 3 is 2.54 bits per heavy atom. The number of nitrogens with zero attached hydrogens (tertiary/aromatic N) is 1. The molecule has 0 spiro atoms. The van der Waals surface area contributed by atoms with Crippen LogP contribution in [0.25, 0.3) is 0 Å². The highest BCUT2D eigenvalue weighted by atomic mass is 19.1. The first kappa shape index (κ1) is 16.5. The van der Waals surface area contributed by atoms with Crippen molar-refractivity contribution in [1.29, 1.82) is 0 Å². The van der Waals surface area contributed by atoms with E-state index in [1.165, 1.54) is 11.6 Å². The number of urea groups is 1. The molecular formula is C20H23FN2O. The van der Waals surface area contributed by atoms with Crippen molar-refractivity contribution in [3.8, 4) is 0 Å². The molecule has 0 saturated carbocycles. The fraction of sp³-hybridized carbons (Fsp3) is 0.350. The average Bonchev–Trinajstić information content (AvgIpc) is 2.60. The topological polar surface area (TPSA) is 32.3 Å². The number of hydrogen-bond donors (Lipinski definition) is 1. The van der Waals surface area contributed by atoms with Crippen molar-refractivity contribution in [2.24, 2.45) is 5.92 Å². The van der Waals surface area contributed by atoms with Gasteiger partial charge in [-0.15, -0.1) is 0 Å². The third-order valence-corrected chi connectivity index (χ3v) is 4.69. The molecule has 1 heterocycles. The predicted molar refractivity (Wildman–Crippen MR) is 94.6 cm³/mol. The van der Waals surface area contributed by atoms with Gasteiger partial charge in [0.1, 0.15) is 5.82 Å². The molecule has 1 N–H and O–H groups in total. The number of nitrogens with one attached hydrogen (secondary N) is 1. The Kier molecular flexibility index (Phi) is 5.14. The van der Waals surface area contributed by atoms with Gasteiger partial charge in [-0.3, -0.25) is 0 Å². The molecule has 0 atom stereocenters. The van der Waals surface area contributed by atoms with Gasteiger partial charge < -0.3 is 10.2 Å². The van der Waals surface area contributed by atoms with Crippen molar-refractivity contribution in [1.82, 2.24) is 4.90 Å². The normalized spacial score (nSPS) is 15.3. The molecule has 0 radical (unpaired) electrons. The number of carbonyl (C=O) groups is 1. The van der Waals surface area contributed by atoms with Gasteiger partial charge in [0.15, 0.2) is 0 Å². The van der Waals surface area contributed by atoms with Gasteiger partial charge in [0, 0.05) is 18.8 Å². The molecule has 24 heavy (non-hydrogen) atoms. The first-order valence-electron chi connectivity index (χ1n) is 8.48. The van der Waals surface area contributed by atoms with Crippen molar-refractivity contribution in [3.63, 3.8) is 0 Å². The van der Waals surface area contributed by atoms with E-state index >= 15 is 0 Å². The lowest BCUT2D eigenvalue weighted by molar-refractivity contribution is 0.182. The maximum Gasteiger partial charge on any atom is 0.321 e. The summed E-state index contributed by atoms with van der Waals surface area (Å²) in [6, 6.07) is 15.1. The molecule has 1 fully saturated rings. The van der Waals surface area contributed by atoms with Gasteiger partial charge in [-0.05, 0) is 55.4 Å². The number of piperidine rings is 1. The molecule has 0 aromatic heterocycles. The Hall–Kier alpha value is -2.36. The Balaban J connectivity index is 1.50. The molecular weight excluding hydrogens is 303 g/mol. The van der Waals surface area contributed by atoms with Gasteiger partial charge in [-0.1, -0.05) is 36.4 Å². The minimum Gasteiger partial charge on any atom is -0.325 e. The summed E-state index contributed by atoms with van der Waals surface area (Å²) >= 11 is 0. The largest absolute Gasteiger partial charge is 0.325 e. The van der Waals surface area contributed by atoms with E-state index in [9.17, 15) is 9.18 Å². The summed E-state index contributed by atoms with van der Waals surface area (Å²) in [7, 11) is 0. The van der Waals surface area contributed by atoms with Crippen molar-refractivity contribution >= 4 is 11.7 Å². The van der Waals surface area contributed by atoms with Crippen LogP contribution in [0.1, 0.15) is 24.0 Å². The van der Waals surface area contributed by atoms with Gasteiger partial charge in [0.2, 0.25) is 0 Å². The maximum atomic E-state index is 13.6. The van der Waals surface area contributed by atoms with Crippen molar-refractivity contribution in [2.75, 3.05) is 18.4 Å². The van der Waals surface area contributed by atoms with Gasteiger partial charge in [0.25, 0.3) is 0 Å². The number of carbonyl (C=O) groups excluding carboxylic acids is 1. The Labute approximate surface area is 142 Å². The first-order chi connectivity index (χ1) is 11.6. The number of rotatable bonds is 3. The fourth-order valence-electron chi connectivity index (χ4n) is 3.16. The minimum atomic E-state index is -0.297. The summed E-state index contributed by atoms with van der Waals surface area (Å²) in [6.07, 6.45) is 3.08. The zero-order valence-electron chi connectivity index (χ0n) is 14.0. The van der Waals surface area contributed by atoms with Crippen LogP contribution in [0, 0.1) is 18.7 Å². The molecule has 1 aliphatic rings. The molecule has 2 aromatic carbocycles. The van der Waals surface area contributed by atoms with E-state index in [0.29, 0.717) is 17.2 Å². The summed E-state index contributed by atoms with van der Waals surface area (Å²) in [5.74, 6) is 0.322. The predicted octanol–water partition coefficient (Wildman–Crippen LogP) is 4.62. The van der Waals surface area contributed by atoms with E-state index in [0.717, 1.165) is 32.4 Å². The van der Waals surface area contributed by atoms with Crippen LogP contribution in [-0.2, 0) is 6.42 Å². The quantitative estimate of drug-likeness (QED) is 0.877. The van der Waals surface area contributed by atoms with Gasteiger partial charge >= 0.3 is 6.03 Å². The zero-order valence-corrected chi connectivity index (χ0v) is 14.0. The van der Waals surface area contributed by atoms with Crippen LogP contribution < -0.4 is 5.32 Å². The van der Waals surface area contributed by atoms with Crippen LogP contribution in [0.2, 0.25) is 0 Å². The van der Waals surface area contributed by atoms with Crippen LogP contribution in [0.5, 0.6) is 0 Å². The molecule has 2 amide bonds. The second-order valence-electron chi connectivity index (χ2n) is 6.51. The lowest BCUT2D eigenvalue weighted by Gasteiger charge is -2.32. The van der Waals surface area contributed by atoms with E-state index in [2.05, 4.69) is 29.6 Å². The standard InChI is InChI=1S/C20H23FN2O/c1-15-7-8-18(14-19(15)21)22-20(24)23-11-9-17(10-12-23)13-16-5-3-2-4-6-16/h2-8,14,17H,9-13H2,1H3,(H,22,24). The fourth-order valence-corrected chi connectivity index (χ4v) is 3.16. The highest BCUT2D eigenvalue weighted by Gasteiger charge is 2.23. The van der Waals surface area contributed by atoms with Gasteiger partial charge in [-0.25, -0.2) is 9.18 Å². The highest BCUT2D eigenvalue weighted by molar-refractivity contribution is 5.89. The van der Waals surface area contributed by atoms with Crippen molar-refractivity contribution < 1.29 is 9.18 Å². The number of likely N-dealkylation sites (tertiary alicyclic amines) is 1. The lowest BCUT2D eigenvalue weighted by atomic mass is 9.90. The Morgan fingerprint density at radius 1 is 1.17 bits per heavy atom. The summed E-state index contributed by atoms with van der Waals surface area (Å²) in [6.45, 7) is 3.20. The van der Waals surface area contributed by atoms with Crippen LogP contribution in [0.15, 0.2) is 48.5 Å². The molecule has 126 valence electrons. The number of benzene rings is 2. The molecule has 1 aliphatic heterocycles. The van der Waals surface area contributed by atoms with E-state index < -0.39 is 0 Å². The van der Waals surface area contributed by atoms with E-state index in [-0.39, 0.29) is 11.8 Å². The van der Waals surface area contributed by atoms with E-state index in [1.807, 2.05) is 11.0 Å². The minimum absolute atomic E-state index is 0.142. The first-order valence-corrected chi connectivity index (χ1v) is 8.48. The third-order valence-electron chi connectivity index (χ3n) is 4.69. The second-order valence-corrected chi connectivity index (χ2v) is 6.51. The van der Waals surface area contributed by atoms with Crippen LogP contribution in [0.4, 0.5) is 14.9 Å². The summed E-state index contributed by atoms with van der Waals surface area (Å²) in [4.78, 5) is 14.1. The number of aryl methyl sites for hydroxylation is 1. The van der Waals surface area contributed by atoms with E-state index in [4.69, 9.17) is 0 Å². The Bertz CT molecular complexity index is 694. The molecule has 1 saturated heterocycles. The van der Waals surface area contributed by atoms with E-state index in [1.54, 1.807) is 19.1 Å². The number of hydrogen-bond acceptors (Lipinski definition) is 1. The number of amides is 2. The summed E-state index contributed by atoms with van der Waals surface area (Å²) in [5.41, 5.74) is 2.44. The maximum absolute atomic E-state index is 13.6. The smallest absolute Gasteiger partial charge is 0.321 e. The zero-order chi connectivity index (χ0) is 16.9. The van der Waals surface area contributed by atoms with Gasteiger partial charge in [0.05, 0.1) is 0 Å². The van der Waals surface area contributed by atoms with Crippen LogP contribution in [0.3, 0.4) is 0 Å². The summed E-state index contributed by atoms with van der Waals surface area (Å²) < 4.78 is 13.6. The molecule has 2 aromatic rings. The van der Waals surface area contributed by atoms with Gasteiger partial charge in [-0.2, -0.15) is 0 Å². The van der Waals surface area contributed by atoms with Crippen molar-refractivity contribution in [2.45, 2.75) is 26.2 Å². The highest BCUT2D eigenvalue weighted by Crippen LogP contribution is 2.22. The molecule has 0 bridgehead atoms.